The third-order valence-electron chi connectivity index (χ3n) is 3.94. The molecule has 2 unspecified atom stereocenters. The van der Waals surface area contributed by atoms with E-state index in [9.17, 15) is 9.90 Å². The van der Waals surface area contributed by atoms with Crippen molar-refractivity contribution in [1.82, 2.24) is 10.3 Å². The first-order valence-electron chi connectivity index (χ1n) is 7.00. The third kappa shape index (κ3) is 2.49. The maximum atomic E-state index is 12.2. The van der Waals surface area contributed by atoms with Crippen molar-refractivity contribution in [2.75, 3.05) is 5.73 Å². The standard InChI is InChI=1S/C15H19N3O2/c16-10-5-6-11-9(7-10)8-13(17-11)15(20)18-12-3-1-2-4-14(12)19/h5-8,12,14,17,19H,1-4,16H2,(H,18,20). The minimum Gasteiger partial charge on any atom is -0.399 e. The van der Waals surface area contributed by atoms with Crippen molar-refractivity contribution in [3.63, 3.8) is 0 Å². The first-order valence-corrected chi connectivity index (χ1v) is 7.00. The number of nitrogen functional groups attached to an aromatic ring is 1. The summed E-state index contributed by atoms with van der Waals surface area (Å²) < 4.78 is 0. The van der Waals surface area contributed by atoms with Crippen LogP contribution in [-0.4, -0.2) is 28.1 Å². The SMILES string of the molecule is Nc1ccc2[nH]c(C(=O)NC3CCCCC3O)cc2c1. The van der Waals surface area contributed by atoms with Crippen LogP contribution in [0.15, 0.2) is 24.3 Å². The highest BCUT2D eigenvalue weighted by Gasteiger charge is 2.25. The predicted molar refractivity (Wildman–Crippen MR) is 78.4 cm³/mol. The Morgan fingerprint density at radius 1 is 1.30 bits per heavy atom. The van der Waals surface area contributed by atoms with Crippen molar-refractivity contribution in [1.29, 1.82) is 0 Å². The van der Waals surface area contributed by atoms with Gasteiger partial charge in [-0.25, -0.2) is 0 Å². The third-order valence-corrected chi connectivity index (χ3v) is 3.94. The summed E-state index contributed by atoms with van der Waals surface area (Å²) in [4.78, 5) is 15.3. The van der Waals surface area contributed by atoms with Crippen molar-refractivity contribution >= 4 is 22.5 Å². The minimum absolute atomic E-state index is 0.146. The fourth-order valence-electron chi connectivity index (χ4n) is 2.80. The van der Waals surface area contributed by atoms with Crippen LogP contribution in [-0.2, 0) is 0 Å². The molecule has 20 heavy (non-hydrogen) atoms. The molecule has 1 saturated carbocycles. The summed E-state index contributed by atoms with van der Waals surface area (Å²) in [5.41, 5.74) is 7.79. The molecular formula is C15H19N3O2. The van der Waals surface area contributed by atoms with E-state index < -0.39 is 6.10 Å². The van der Waals surface area contributed by atoms with Crippen molar-refractivity contribution in [3.8, 4) is 0 Å². The number of carbonyl (C=O) groups is 1. The summed E-state index contributed by atoms with van der Waals surface area (Å²) in [6.07, 6.45) is 3.23. The number of nitrogens with one attached hydrogen (secondary N) is 2. The van der Waals surface area contributed by atoms with Crippen LogP contribution >= 0.6 is 0 Å². The Morgan fingerprint density at radius 3 is 2.90 bits per heavy atom. The molecule has 1 heterocycles. The number of rotatable bonds is 2. The highest BCUT2D eigenvalue weighted by atomic mass is 16.3. The van der Waals surface area contributed by atoms with Gasteiger partial charge in [0, 0.05) is 16.6 Å². The number of aliphatic hydroxyl groups is 1. The molecule has 0 radical (unpaired) electrons. The second kappa shape index (κ2) is 5.17. The van der Waals surface area contributed by atoms with E-state index in [-0.39, 0.29) is 11.9 Å². The fraction of sp³-hybridized carbons (Fsp3) is 0.400. The summed E-state index contributed by atoms with van der Waals surface area (Å²) in [7, 11) is 0. The van der Waals surface area contributed by atoms with Gasteiger partial charge in [-0.15, -0.1) is 0 Å². The molecule has 1 aliphatic carbocycles. The number of benzene rings is 1. The van der Waals surface area contributed by atoms with E-state index in [0.717, 1.165) is 36.6 Å². The zero-order valence-electron chi connectivity index (χ0n) is 11.2. The first-order chi connectivity index (χ1) is 9.63. The van der Waals surface area contributed by atoms with E-state index in [1.54, 1.807) is 12.1 Å². The van der Waals surface area contributed by atoms with Gasteiger partial charge in [-0.2, -0.15) is 0 Å². The number of aromatic nitrogens is 1. The van der Waals surface area contributed by atoms with E-state index in [4.69, 9.17) is 5.73 Å². The Bertz CT molecular complexity index is 635. The minimum atomic E-state index is -0.437. The van der Waals surface area contributed by atoms with Gasteiger partial charge in [-0.3, -0.25) is 4.79 Å². The number of H-pyrrole nitrogens is 1. The molecular weight excluding hydrogens is 254 g/mol. The maximum absolute atomic E-state index is 12.2. The summed E-state index contributed by atoms with van der Waals surface area (Å²) in [5.74, 6) is -0.175. The average Bonchev–Trinajstić information content (AvgIpc) is 2.84. The zero-order valence-corrected chi connectivity index (χ0v) is 11.2. The second-order valence-electron chi connectivity index (χ2n) is 5.46. The monoisotopic (exact) mass is 273 g/mol. The number of anilines is 1. The fourth-order valence-corrected chi connectivity index (χ4v) is 2.80. The molecule has 2 atom stereocenters. The Kier molecular flexibility index (Phi) is 3.36. The molecule has 1 fully saturated rings. The first kappa shape index (κ1) is 13.0. The molecule has 5 N–H and O–H groups in total. The number of amides is 1. The van der Waals surface area contributed by atoms with Gasteiger partial charge in [0.05, 0.1) is 12.1 Å². The summed E-state index contributed by atoms with van der Waals surface area (Å²) in [6.45, 7) is 0. The van der Waals surface area contributed by atoms with Gasteiger partial charge in [0.25, 0.3) is 5.91 Å². The van der Waals surface area contributed by atoms with Gasteiger partial charge in [0.2, 0.25) is 0 Å². The van der Waals surface area contributed by atoms with E-state index in [0.29, 0.717) is 11.4 Å². The predicted octanol–water partition coefficient (Wildman–Crippen LogP) is 1.78. The van der Waals surface area contributed by atoms with Gasteiger partial charge in [-0.05, 0) is 37.1 Å². The van der Waals surface area contributed by atoms with Gasteiger partial charge in [0.1, 0.15) is 5.69 Å². The molecule has 1 aromatic heterocycles. The number of fused-ring (bicyclic) bond motifs is 1. The zero-order chi connectivity index (χ0) is 14.1. The van der Waals surface area contributed by atoms with Gasteiger partial charge >= 0.3 is 0 Å². The lowest BCUT2D eigenvalue weighted by Gasteiger charge is -2.28. The summed E-state index contributed by atoms with van der Waals surface area (Å²) in [5, 5.41) is 13.7. The highest BCUT2D eigenvalue weighted by molar-refractivity contribution is 5.98. The van der Waals surface area contributed by atoms with Crippen LogP contribution in [0, 0.1) is 0 Å². The van der Waals surface area contributed by atoms with Crippen LogP contribution in [0.5, 0.6) is 0 Å². The Labute approximate surface area is 117 Å². The van der Waals surface area contributed by atoms with E-state index in [1.165, 1.54) is 0 Å². The number of carbonyl (C=O) groups excluding carboxylic acids is 1. The van der Waals surface area contributed by atoms with E-state index in [2.05, 4.69) is 10.3 Å². The lowest BCUT2D eigenvalue weighted by molar-refractivity contribution is 0.0714. The van der Waals surface area contributed by atoms with E-state index in [1.807, 2.05) is 12.1 Å². The maximum Gasteiger partial charge on any atom is 0.268 e. The van der Waals surface area contributed by atoms with Crippen LogP contribution in [0.2, 0.25) is 0 Å². The summed E-state index contributed by atoms with van der Waals surface area (Å²) in [6, 6.07) is 7.13. The quantitative estimate of drug-likeness (QED) is 0.629. The van der Waals surface area contributed by atoms with Gasteiger partial charge < -0.3 is 21.1 Å². The molecule has 5 nitrogen and oxygen atoms in total. The lowest BCUT2D eigenvalue weighted by atomic mass is 9.92. The number of nitrogens with two attached hydrogens (primary N) is 1. The van der Waals surface area contributed by atoms with Crippen LogP contribution in [0.25, 0.3) is 10.9 Å². The number of hydrogen-bond acceptors (Lipinski definition) is 3. The normalized spacial score (nSPS) is 22.9. The average molecular weight is 273 g/mol. The molecule has 1 amide bonds. The van der Waals surface area contributed by atoms with Crippen molar-refractivity contribution < 1.29 is 9.90 Å². The number of hydrogen-bond donors (Lipinski definition) is 4. The molecule has 3 rings (SSSR count). The van der Waals surface area contributed by atoms with Crippen LogP contribution in [0.4, 0.5) is 5.69 Å². The molecule has 2 aromatic rings. The second-order valence-corrected chi connectivity index (χ2v) is 5.46. The van der Waals surface area contributed by atoms with Gasteiger partial charge in [0.15, 0.2) is 0 Å². The highest BCUT2D eigenvalue weighted by Crippen LogP contribution is 2.21. The van der Waals surface area contributed by atoms with Crippen molar-refractivity contribution in [2.24, 2.45) is 0 Å². The van der Waals surface area contributed by atoms with E-state index >= 15 is 0 Å². The number of aliphatic hydroxyl groups excluding tert-OH is 1. The molecule has 106 valence electrons. The molecule has 1 aromatic carbocycles. The molecule has 5 heteroatoms. The molecule has 0 spiro atoms. The molecule has 0 saturated heterocycles. The molecule has 1 aliphatic rings. The Morgan fingerprint density at radius 2 is 2.10 bits per heavy atom. The molecule has 0 bridgehead atoms. The van der Waals surface area contributed by atoms with Crippen LogP contribution in [0.1, 0.15) is 36.2 Å². The van der Waals surface area contributed by atoms with Crippen molar-refractivity contribution in [2.45, 2.75) is 37.8 Å². The topological polar surface area (TPSA) is 91.1 Å². The number of aromatic amines is 1. The van der Waals surface area contributed by atoms with Gasteiger partial charge in [-0.1, -0.05) is 12.8 Å². The van der Waals surface area contributed by atoms with Crippen LogP contribution < -0.4 is 11.1 Å². The molecule has 0 aliphatic heterocycles. The smallest absolute Gasteiger partial charge is 0.268 e. The lowest BCUT2D eigenvalue weighted by Crippen LogP contribution is -2.45. The Balaban J connectivity index is 1.78. The Hall–Kier alpha value is -2.01. The van der Waals surface area contributed by atoms with Crippen molar-refractivity contribution in [3.05, 3.63) is 30.0 Å². The largest absolute Gasteiger partial charge is 0.399 e. The summed E-state index contributed by atoms with van der Waals surface area (Å²) >= 11 is 0. The van der Waals surface area contributed by atoms with Crippen LogP contribution in [0.3, 0.4) is 0 Å².